The summed E-state index contributed by atoms with van der Waals surface area (Å²) in [5.41, 5.74) is 0. The molecule has 1 unspecified atom stereocenters. The first-order chi connectivity index (χ1) is 7.63. The zero-order valence-electron chi connectivity index (χ0n) is 9.74. The Labute approximate surface area is 95.8 Å². The van der Waals surface area contributed by atoms with E-state index in [2.05, 4.69) is 5.32 Å². The van der Waals surface area contributed by atoms with Gasteiger partial charge in [-0.3, -0.25) is 9.59 Å². The highest BCUT2D eigenvalue weighted by Gasteiger charge is 2.22. The van der Waals surface area contributed by atoms with Gasteiger partial charge in [0.05, 0.1) is 0 Å². The summed E-state index contributed by atoms with van der Waals surface area (Å²) in [7, 11) is 0. The third-order valence-electron chi connectivity index (χ3n) is 2.80. The van der Waals surface area contributed by atoms with Crippen molar-refractivity contribution >= 4 is 11.9 Å². The number of nitrogens with zero attached hydrogens (tertiary/aromatic N) is 1. The van der Waals surface area contributed by atoms with Crippen LogP contribution in [0.4, 0.5) is 0 Å². The molecule has 1 aliphatic rings. The minimum atomic E-state index is -0.939. The smallest absolute Gasteiger partial charge is 0.323 e. The van der Waals surface area contributed by atoms with Crippen LogP contribution in [0.2, 0.25) is 0 Å². The van der Waals surface area contributed by atoms with Crippen LogP contribution in [0.25, 0.3) is 0 Å². The van der Waals surface area contributed by atoms with Crippen LogP contribution < -0.4 is 5.32 Å². The molecule has 0 aromatic carbocycles. The highest BCUT2D eigenvalue weighted by molar-refractivity contribution is 5.81. The maximum atomic E-state index is 11.9. The number of carboxylic acids is 1. The van der Waals surface area contributed by atoms with E-state index in [4.69, 9.17) is 5.11 Å². The van der Waals surface area contributed by atoms with E-state index in [1.807, 2.05) is 6.92 Å². The SMILES string of the molecule is CCCN(CC(=O)O)C(=O)CC1CCNC1. The van der Waals surface area contributed by atoms with Crippen molar-refractivity contribution in [1.29, 1.82) is 0 Å². The Morgan fingerprint density at radius 1 is 1.50 bits per heavy atom. The van der Waals surface area contributed by atoms with Gasteiger partial charge in [0, 0.05) is 13.0 Å². The fraction of sp³-hybridized carbons (Fsp3) is 0.818. The van der Waals surface area contributed by atoms with Crippen LogP contribution >= 0.6 is 0 Å². The van der Waals surface area contributed by atoms with Crippen molar-refractivity contribution in [3.63, 3.8) is 0 Å². The van der Waals surface area contributed by atoms with E-state index in [0.29, 0.717) is 18.9 Å². The average Bonchev–Trinajstić information content (AvgIpc) is 2.69. The van der Waals surface area contributed by atoms with Gasteiger partial charge in [0.25, 0.3) is 0 Å². The summed E-state index contributed by atoms with van der Waals surface area (Å²) >= 11 is 0. The number of hydrogen-bond donors (Lipinski definition) is 2. The lowest BCUT2D eigenvalue weighted by Crippen LogP contribution is -2.37. The van der Waals surface area contributed by atoms with Crippen LogP contribution in [0.5, 0.6) is 0 Å². The summed E-state index contributed by atoms with van der Waals surface area (Å²) in [6.45, 7) is 4.14. The van der Waals surface area contributed by atoms with E-state index in [-0.39, 0.29) is 12.5 Å². The lowest BCUT2D eigenvalue weighted by atomic mass is 10.0. The Balaban J connectivity index is 2.42. The molecule has 1 amide bonds. The molecular formula is C11H20N2O3. The first-order valence-electron chi connectivity index (χ1n) is 5.83. The summed E-state index contributed by atoms with van der Waals surface area (Å²) in [6, 6.07) is 0. The Morgan fingerprint density at radius 3 is 2.75 bits per heavy atom. The third kappa shape index (κ3) is 4.18. The van der Waals surface area contributed by atoms with Crippen molar-refractivity contribution in [3.05, 3.63) is 0 Å². The van der Waals surface area contributed by atoms with E-state index in [1.165, 1.54) is 4.90 Å². The van der Waals surface area contributed by atoms with Gasteiger partial charge in [0.15, 0.2) is 0 Å². The number of aliphatic carboxylic acids is 1. The highest BCUT2D eigenvalue weighted by atomic mass is 16.4. The zero-order chi connectivity index (χ0) is 12.0. The molecule has 0 saturated carbocycles. The molecule has 2 N–H and O–H groups in total. The van der Waals surface area contributed by atoms with Crippen LogP contribution in [0.15, 0.2) is 0 Å². The summed E-state index contributed by atoms with van der Waals surface area (Å²) in [5, 5.41) is 11.9. The van der Waals surface area contributed by atoms with Gasteiger partial charge in [-0.25, -0.2) is 0 Å². The Morgan fingerprint density at radius 2 is 2.25 bits per heavy atom. The molecular weight excluding hydrogens is 208 g/mol. The van der Waals surface area contributed by atoms with Crippen LogP contribution in [-0.2, 0) is 9.59 Å². The maximum Gasteiger partial charge on any atom is 0.323 e. The standard InChI is InChI=1S/C11H20N2O3/c1-2-5-13(8-11(15)16)10(14)6-9-3-4-12-7-9/h9,12H,2-8H2,1H3,(H,15,16). The molecule has 1 fully saturated rings. The van der Waals surface area contributed by atoms with Gasteiger partial charge >= 0.3 is 5.97 Å². The molecule has 16 heavy (non-hydrogen) atoms. The minimum Gasteiger partial charge on any atom is -0.480 e. The highest BCUT2D eigenvalue weighted by Crippen LogP contribution is 2.13. The fourth-order valence-electron chi connectivity index (χ4n) is 1.99. The van der Waals surface area contributed by atoms with E-state index < -0.39 is 5.97 Å². The van der Waals surface area contributed by atoms with Crippen molar-refractivity contribution in [3.8, 4) is 0 Å². The number of nitrogens with one attached hydrogen (secondary N) is 1. The quantitative estimate of drug-likeness (QED) is 0.686. The largest absolute Gasteiger partial charge is 0.480 e. The normalized spacial score (nSPS) is 19.7. The third-order valence-corrected chi connectivity index (χ3v) is 2.80. The number of carbonyl (C=O) groups is 2. The molecule has 0 aromatic rings. The number of carboxylic acid groups (broad SMARTS) is 1. The van der Waals surface area contributed by atoms with Gasteiger partial charge in [0.2, 0.25) is 5.91 Å². The fourth-order valence-corrected chi connectivity index (χ4v) is 1.99. The van der Waals surface area contributed by atoms with Crippen molar-refractivity contribution < 1.29 is 14.7 Å². The van der Waals surface area contributed by atoms with Crippen molar-refractivity contribution in [2.45, 2.75) is 26.2 Å². The van der Waals surface area contributed by atoms with Gasteiger partial charge in [-0.05, 0) is 31.8 Å². The minimum absolute atomic E-state index is 0.0297. The molecule has 5 nitrogen and oxygen atoms in total. The molecule has 0 aliphatic carbocycles. The Kier molecular flexibility index (Phi) is 5.25. The lowest BCUT2D eigenvalue weighted by Gasteiger charge is -2.21. The van der Waals surface area contributed by atoms with Crippen LogP contribution in [0.1, 0.15) is 26.2 Å². The van der Waals surface area contributed by atoms with E-state index in [1.54, 1.807) is 0 Å². The molecule has 5 heteroatoms. The first kappa shape index (κ1) is 13.0. The number of hydrogen-bond acceptors (Lipinski definition) is 3. The Bertz CT molecular complexity index is 250. The summed E-state index contributed by atoms with van der Waals surface area (Å²) in [4.78, 5) is 23.9. The summed E-state index contributed by atoms with van der Waals surface area (Å²) in [6.07, 6.45) is 2.28. The average molecular weight is 228 g/mol. The zero-order valence-corrected chi connectivity index (χ0v) is 9.74. The monoisotopic (exact) mass is 228 g/mol. The van der Waals surface area contributed by atoms with Gasteiger partial charge in [0.1, 0.15) is 6.54 Å². The van der Waals surface area contributed by atoms with Crippen molar-refractivity contribution in [2.24, 2.45) is 5.92 Å². The molecule has 92 valence electrons. The van der Waals surface area contributed by atoms with Crippen molar-refractivity contribution in [2.75, 3.05) is 26.2 Å². The van der Waals surface area contributed by atoms with Gasteiger partial charge < -0.3 is 15.3 Å². The predicted octanol–water partition coefficient (Wildman–Crippen LogP) is 0.309. The van der Waals surface area contributed by atoms with E-state index in [0.717, 1.165) is 25.9 Å². The Hall–Kier alpha value is -1.10. The molecule has 0 aromatic heterocycles. The molecule has 1 rings (SSSR count). The number of rotatable bonds is 6. The maximum absolute atomic E-state index is 11.9. The molecule has 0 spiro atoms. The lowest BCUT2D eigenvalue weighted by molar-refractivity contribution is -0.144. The molecule has 1 aliphatic heterocycles. The summed E-state index contributed by atoms with van der Waals surface area (Å²) in [5.74, 6) is -0.593. The molecule has 1 heterocycles. The topological polar surface area (TPSA) is 69.6 Å². The van der Waals surface area contributed by atoms with Gasteiger partial charge in [-0.15, -0.1) is 0 Å². The second-order valence-corrected chi connectivity index (χ2v) is 4.27. The second-order valence-electron chi connectivity index (χ2n) is 4.27. The van der Waals surface area contributed by atoms with Gasteiger partial charge in [-0.2, -0.15) is 0 Å². The van der Waals surface area contributed by atoms with Crippen LogP contribution in [0, 0.1) is 5.92 Å². The molecule has 1 atom stereocenters. The van der Waals surface area contributed by atoms with Gasteiger partial charge in [-0.1, -0.05) is 6.92 Å². The van der Waals surface area contributed by atoms with Crippen molar-refractivity contribution in [1.82, 2.24) is 10.2 Å². The summed E-state index contributed by atoms with van der Waals surface area (Å²) < 4.78 is 0. The molecule has 1 saturated heterocycles. The molecule has 0 radical (unpaired) electrons. The van der Waals surface area contributed by atoms with E-state index in [9.17, 15) is 9.59 Å². The van der Waals surface area contributed by atoms with Crippen LogP contribution in [0.3, 0.4) is 0 Å². The first-order valence-corrected chi connectivity index (χ1v) is 5.83. The van der Waals surface area contributed by atoms with E-state index >= 15 is 0 Å². The number of carbonyl (C=O) groups excluding carboxylic acids is 1. The number of amides is 1. The molecule has 0 bridgehead atoms. The van der Waals surface area contributed by atoms with Crippen LogP contribution in [-0.4, -0.2) is 48.1 Å². The predicted molar refractivity (Wildman–Crippen MR) is 60.1 cm³/mol. The second kappa shape index (κ2) is 6.48.